The molecule has 0 aliphatic carbocycles. The molecule has 3 N–H and O–H groups in total. The summed E-state index contributed by atoms with van der Waals surface area (Å²) < 4.78 is 22.0. The second-order valence-electron chi connectivity index (χ2n) is 8.09. The number of rotatable bonds is 8. The highest BCUT2D eigenvalue weighted by molar-refractivity contribution is 5.90. The normalized spacial score (nSPS) is 19.9. The summed E-state index contributed by atoms with van der Waals surface area (Å²) in [5.74, 6) is 2.00. The molecule has 9 heteroatoms. The van der Waals surface area contributed by atoms with Gasteiger partial charge in [-0.1, -0.05) is 17.3 Å². The molecule has 2 aromatic carbocycles. The summed E-state index contributed by atoms with van der Waals surface area (Å²) in [5, 5.41) is 20.1. The lowest BCUT2D eigenvalue weighted by atomic mass is 9.98. The van der Waals surface area contributed by atoms with Gasteiger partial charge in [-0.3, -0.25) is 0 Å². The van der Waals surface area contributed by atoms with E-state index in [9.17, 15) is 9.90 Å². The number of aromatic nitrogens is 1. The topological polar surface area (TPSA) is 115 Å². The molecule has 3 aromatic rings. The first-order valence-corrected chi connectivity index (χ1v) is 11.2. The molecule has 1 aliphatic rings. The minimum atomic E-state index is -0.657. The summed E-state index contributed by atoms with van der Waals surface area (Å²) in [7, 11) is 3.16. The lowest BCUT2D eigenvalue weighted by molar-refractivity contribution is -0.113. The number of hydrogen-bond donors (Lipinski definition) is 3. The van der Waals surface area contributed by atoms with Gasteiger partial charge >= 0.3 is 6.03 Å². The molecule has 9 nitrogen and oxygen atoms in total. The molecule has 180 valence electrons. The fraction of sp³-hybridized carbons (Fsp3) is 0.360. The fourth-order valence-electron chi connectivity index (χ4n) is 3.92. The van der Waals surface area contributed by atoms with Crippen molar-refractivity contribution in [1.82, 2.24) is 10.5 Å². The predicted octanol–water partition coefficient (Wildman–Crippen LogP) is 3.63. The number of carbonyl (C=O) groups is 1. The highest BCUT2D eigenvalue weighted by Gasteiger charge is 2.31. The Bertz CT molecular complexity index is 1080. The van der Waals surface area contributed by atoms with Crippen LogP contribution in [0.3, 0.4) is 0 Å². The number of anilines is 1. The van der Waals surface area contributed by atoms with Crippen LogP contribution in [-0.4, -0.2) is 55.4 Å². The van der Waals surface area contributed by atoms with Gasteiger partial charge in [-0.15, -0.1) is 0 Å². The number of aliphatic hydroxyl groups excluding tert-OH is 1. The van der Waals surface area contributed by atoms with E-state index < -0.39 is 18.2 Å². The SMILES string of the molecule is COc1ccc(-c2cc(CC3CCC(O)C(CNC(=O)Nc4ccccc4OC)O3)no2)cc1. The van der Waals surface area contributed by atoms with Crippen molar-refractivity contribution in [3.8, 4) is 22.8 Å². The zero-order valence-electron chi connectivity index (χ0n) is 19.2. The van der Waals surface area contributed by atoms with E-state index in [1.165, 1.54) is 0 Å². The first-order chi connectivity index (χ1) is 16.6. The van der Waals surface area contributed by atoms with Crippen molar-refractivity contribution in [3.63, 3.8) is 0 Å². The van der Waals surface area contributed by atoms with Crippen LogP contribution in [0.25, 0.3) is 11.3 Å². The van der Waals surface area contributed by atoms with Crippen molar-refractivity contribution in [2.24, 2.45) is 0 Å². The Morgan fingerprint density at radius 1 is 1.12 bits per heavy atom. The molecular weight excluding hydrogens is 438 g/mol. The van der Waals surface area contributed by atoms with E-state index in [0.717, 1.165) is 17.0 Å². The van der Waals surface area contributed by atoms with Gasteiger partial charge in [0, 0.05) is 24.6 Å². The molecule has 0 saturated carbocycles. The zero-order valence-corrected chi connectivity index (χ0v) is 19.2. The summed E-state index contributed by atoms with van der Waals surface area (Å²) in [4.78, 5) is 12.3. The van der Waals surface area contributed by atoms with Crippen LogP contribution in [-0.2, 0) is 11.2 Å². The van der Waals surface area contributed by atoms with E-state index in [4.69, 9.17) is 18.7 Å². The number of ether oxygens (including phenoxy) is 3. The van der Waals surface area contributed by atoms with Crippen LogP contribution in [0.1, 0.15) is 18.5 Å². The molecule has 3 unspecified atom stereocenters. The van der Waals surface area contributed by atoms with Crippen LogP contribution in [0.2, 0.25) is 0 Å². The van der Waals surface area contributed by atoms with Gasteiger partial charge < -0.3 is 34.5 Å². The molecule has 2 amide bonds. The maximum absolute atomic E-state index is 12.3. The van der Waals surface area contributed by atoms with Gasteiger partial charge in [-0.05, 0) is 49.2 Å². The van der Waals surface area contributed by atoms with Gasteiger partial charge in [0.15, 0.2) is 5.76 Å². The maximum Gasteiger partial charge on any atom is 0.319 e. The largest absolute Gasteiger partial charge is 0.497 e. The molecule has 34 heavy (non-hydrogen) atoms. The third kappa shape index (κ3) is 5.86. The summed E-state index contributed by atoms with van der Waals surface area (Å²) in [5.41, 5.74) is 2.24. The Balaban J connectivity index is 1.30. The molecular formula is C25H29N3O6. The Morgan fingerprint density at radius 2 is 1.91 bits per heavy atom. The molecule has 1 saturated heterocycles. The summed E-state index contributed by atoms with van der Waals surface area (Å²) in [6, 6.07) is 16.2. The van der Waals surface area contributed by atoms with Crippen molar-refractivity contribution in [3.05, 3.63) is 60.3 Å². The predicted molar refractivity (Wildman–Crippen MR) is 126 cm³/mol. The van der Waals surface area contributed by atoms with Gasteiger partial charge in [0.1, 0.15) is 17.6 Å². The average Bonchev–Trinajstić information content (AvgIpc) is 3.33. The lowest BCUT2D eigenvalue weighted by Gasteiger charge is -2.33. The van der Waals surface area contributed by atoms with Crippen LogP contribution < -0.4 is 20.1 Å². The smallest absolute Gasteiger partial charge is 0.319 e. The number of carbonyl (C=O) groups excluding carboxylic acids is 1. The van der Waals surface area contributed by atoms with Crippen LogP contribution >= 0.6 is 0 Å². The molecule has 1 fully saturated rings. The second-order valence-corrected chi connectivity index (χ2v) is 8.09. The quantitative estimate of drug-likeness (QED) is 0.463. The third-order valence-electron chi connectivity index (χ3n) is 5.77. The number of urea groups is 1. The van der Waals surface area contributed by atoms with E-state index in [2.05, 4.69) is 15.8 Å². The number of aliphatic hydroxyl groups is 1. The first kappa shape index (κ1) is 23.6. The van der Waals surface area contributed by atoms with Gasteiger partial charge in [-0.25, -0.2) is 4.79 Å². The molecule has 2 heterocycles. The van der Waals surface area contributed by atoms with Gasteiger partial charge in [0.25, 0.3) is 0 Å². The third-order valence-corrected chi connectivity index (χ3v) is 5.77. The maximum atomic E-state index is 12.3. The molecule has 4 rings (SSSR count). The minimum absolute atomic E-state index is 0.138. The van der Waals surface area contributed by atoms with Gasteiger partial charge in [-0.2, -0.15) is 0 Å². The van der Waals surface area contributed by atoms with E-state index in [0.29, 0.717) is 36.5 Å². The number of nitrogens with one attached hydrogen (secondary N) is 2. The monoisotopic (exact) mass is 467 g/mol. The molecule has 0 radical (unpaired) electrons. The highest BCUT2D eigenvalue weighted by Crippen LogP contribution is 2.27. The molecule has 1 aromatic heterocycles. The van der Waals surface area contributed by atoms with Crippen LogP contribution in [0, 0.1) is 0 Å². The summed E-state index contributed by atoms with van der Waals surface area (Å²) >= 11 is 0. The van der Waals surface area contributed by atoms with Crippen LogP contribution in [0.15, 0.2) is 59.1 Å². The number of methoxy groups -OCH3 is 2. The Kier molecular flexibility index (Phi) is 7.66. The van der Waals surface area contributed by atoms with Crippen molar-refractivity contribution in [2.75, 3.05) is 26.1 Å². The van der Waals surface area contributed by atoms with Crippen molar-refractivity contribution in [2.45, 2.75) is 37.6 Å². The molecule has 3 atom stereocenters. The second kappa shape index (κ2) is 11.0. The Morgan fingerprint density at radius 3 is 2.68 bits per heavy atom. The number of nitrogens with zero attached hydrogens (tertiary/aromatic N) is 1. The van der Waals surface area contributed by atoms with Crippen LogP contribution in [0.4, 0.5) is 10.5 Å². The highest BCUT2D eigenvalue weighted by atomic mass is 16.5. The van der Waals surface area contributed by atoms with Crippen molar-refractivity contribution in [1.29, 1.82) is 0 Å². The average molecular weight is 468 g/mol. The van der Waals surface area contributed by atoms with Gasteiger partial charge in [0.05, 0.1) is 37.8 Å². The number of amides is 2. The van der Waals surface area contributed by atoms with Crippen molar-refractivity contribution < 1.29 is 28.6 Å². The van der Waals surface area contributed by atoms with E-state index in [1.807, 2.05) is 36.4 Å². The Labute approximate surface area is 198 Å². The molecule has 1 aliphatic heterocycles. The number of benzene rings is 2. The van der Waals surface area contributed by atoms with E-state index >= 15 is 0 Å². The lowest BCUT2D eigenvalue weighted by Crippen LogP contribution is -2.47. The van der Waals surface area contributed by atoms with Crippen molar-refractivity contribution >= 4 is 11.7 Å². The fourth-order valence-corrected chi connectivity index (χ4v) is 3.92. The number of hydrogen-bond acceptors (Lipinski definition) is 7. The van der Waals surface area contributed by atoms with Gasteiger partial charge in [0.2, 0.25) is 0 Å². The minimum Gasteiger partial charge on any atom is -0.497 e. The summed E-state index contributed by atoms with van der Waals surface area (Å²) in [6.45, 7) is 0.175. The Hall–Kier alpha value is -3.56. The zero-order chi connectivity index (χ0) is 23.9. The molecule has 0 bridgehead atoms. The van der Waals surface area contributed by atoms with E-state index in [-0.39, 0.29) is 12.6 Å². The summed E-state index contributed by atoms with van der Waals surface area (Å²) in [6.07, 6.45) is 0.506. The van der Waals surface area contributed by atoms with Crippen LogP contribution in [0.5, 0.6) is 11.5 Å². The number of para-hydroxylation sites is 2. The molecule has 0 spiro atoms. The van der Waals surface area contributed by atoms with E-state index in [1.54, 1.807) is 32.4 Å². The first-order valence-electron chi connectivity index (χ1n) is 11.2. The standard InChI is InChI=1S/C25H29N3O6/c1-31-18-9-7-16(8-10-18)23-14-17(28-34-23)13-19-11-12-21(29)24(33-19)15-26-25(30)27-20-5-3-4-6-22(20)32-2/h3-10,14,19,21,24,29H,11-13,15H2,1-2H3,(H2,26,27,30).